The Hall–Kier alpha value is -0.850. The zero-order valence-electron chi connectivity index (χ0n) is 9.63. The molecule has 0 spiro atoms. The molecule has 0 aromatic heterocycles. The predicted octanol–water partition coefficient (Wildman–Crippen LogP) is 4.02. The van der Waals surface area contributed by atoms with Gasteiger partial charge in [0.2, 0.25) is 0 Å². The van der Waals surface area contributed by atoms with Gasteiger partial charge in [-0.15, -0.1) is 6.58 Å². The zero-order valence-corrected chi connectivity index (χ0v) is 9.63. The quantitative estimate of drug-likeness (QED) is 0.314. The van der Waals surface area contributed by atoms with E-state index in [0.717, 1.165) is 25.8 Å². The van der Waals surface area contributed by atoms with Crippen molar-refractivity contribution in [2.24, 2.45) is 10.9 Å². The van der Waals surface area contributed by atoms with Gasteiger partial charge in [0, 0.05) is 6.54 Å². The van der Waals surface area contributed by atoms with Crippen LogP contribution in [0.4, 0.5) is 0 Å². The molecule has 0 saturated carbocycles. The first kappa shape index (κ1) is 13.2. The molecular weight excluding hydrogens is 170 g/mol. The summed E-state index contributed by atoms with van der Waals surface area (Å²) in [4.78, 5) is 4.34. The average molecular weight is 193 g/mol. The van der Waals surface area contributed by atoms with Crippen molar-refractivity contribution in [3.05, 3.63) is 24.8 Å². The largest absolute Gasteiger partial charge is 0.298 e. The van der Waals surface area contributed by atoms with Crippen LogP contribution in [0.15, 0.2) is 29.8 Å². The van der Waals surface area contributed by atoms with E-state index in [1.165, 1.54) is 12.0 Å². The summed E-state index contributed by atoms with van der Waals surface area (Å²) in [6.45, 7) is 12.9. The van der Waals surface area contributed by atoms with E-state index in [4.69, 9.17) is 0 Å². The fourth-order valence-electron chi connectivity index (χ4n) is 1.28. The van der Waals surface area contributed by atoms with E-state index >= 15 is 0 Å². The Bertz CT molecular complexity index is 191. The van der Waals surface area contributed by atoms with Crippen LogP contribution in [0.2, 0.25) is 0 Å². The van der Waals surface area contributed by atoms with E-state index in [9.17, 15) is 0 Å². The van der Waals surface area contributed by atoms with E-state index in [1.807, 2.05) is 12.3 Å². The topological polar surface area (TPSA) is 12.4 Å². The molecule has 0 rings (SSSR count). The summed E-state index contributed by atoms with van der Waals surface area (Å²) in [5, 5.41) is 0. The van der Waals surface area contributed by atoms with E-state index in [2.05, 4.69) is 32.0 Å². The Labute approximate surface area is 88.6 Å². The van der Waals surface area contributed by atoms with Crippen LogP contribution < -0.4 is 0 Å². The predicted molar refractivity (Wildman–Crippen MR) is 66.0 cm³/mol. The third-order valence-electron chi connectivity index (χ3n) is 2.27. The third-order valence-corrected chi connectivity index (χ3v) is 2.27. The Morgan fingerprint density at radius 3 is 2.71 bits per heavy atom. The van der Waals surface area contributed by atoms with Gasteiger partial charge in [0.1, 0.15) is 0 Å². The van der Waals surface area contributed by atoms with Crippen molar-refractivity contribution in [1.82, 2.24) is 0 Å². The molecule has 0 fully saturated rings. The first-order chi connectivity index (χ1) is 6.72. The standard InChI is InChI=1S/C13H23N/c1-5-7-10-14-11-8-9-13(6-2)12(3)4/h6,10,13H,2-3,5,7-9,11H2,1,4H3. The van der Waals surface area contributed by atoms with Crippen LogP contribution in [0, 0.1) is 5.92 Å². The van der Waals surface area contributed by atoms with Crippen molar-refractivity contribution >= 4 is 6.21 Å². The van der Waals surface area contributed by atoms with Gasteiger partial charge in [-0.25, -0.2) is 0 Å². The van der Waals surface area contributed by atoms with E-state index in [1.54, 1.807) is 0 Å². The first-order valence-corrected chi connectivity index (χ1v) is 5.48. The number of hydrogen-bond donors (Lipinski definition) is 0. The summed E-state index contributed by atoms with van der Waals surface area (Å²) in [6, 6.07) is 0. The molecule has 1 atom stereocenters. The van der Waals surface area contributed by atoms with Gasteiger partial charge in [-0.3, -0.25) is 4.99 Å². The van der Waals surface area contributed by atoms with Crippen molar-refractivity contribution in [2.45, 2.75) is 39.5 Å². The molecule has 0 N–H and O–H groups in total. The third kappa shape index (κ3) is 6.64. The highest BCUT2D eigenvalue weighted by Gasteiger charge is 2.02. The molecular formula is C13H23N. The van der Waals surface area contributed by atoms with Crippen LogP contribution in [-0.2, 0) is 0 Å². The van der Waals surface area contributed by atoms with Crippen LogP contribution in [0.1, 0.15) is 39.5 Å². The summed E-state index contributed by atoms with van der Waals surface area (Å²) < 4.78 is 0. The second-order valence-corrected chi connectivity index (χ2v) is 3.71. The van der Waals surface area contributed by atoms with Gasteiger partial charge >= 0.3 is 0 Å². The fraction of sp³-hybridized carbons (Fsp3) is 0.615. The Kier molecular flexibility index (Phi) is 8.20. The molecule has 0 aliphatic rings. The summed E-state index contributed by atoms with van der Waals surface area (Å²) >= 11 is 0. The summed E-state index contributed by atoms with van der Waals surface area (Å²) in [5.74, 6) is 0.469. The van der Waals surface area contributed by atoms with Gasteiger partial charge in [0.05, 0.1) is 0 Å². The lowest BCUT2D eigenvalue weighted by molar-refractivity contribution is 0.637. The number of rotatable bonds is 8. The van der Waals surface area contributed by atoms with E-state index in [0.29, 0.717) is 5.92 Å². The highest BCUT2D eigenvalue weighted by molar-refractivity contribution is 5.56. The Morgan fingerprint density at radius 1 is 1.50 bits per heavy atom. The summed E-state index contributed by atoms with van der Waals surface area (Å²) in [7, 11) is 0. The lowest BCUT2D eigenvalue weighted by Gasteiger charge is -2.10. The molecule has 14 heavy (non-hydrogen) atoms. The molecule has 80 valence electrons. The van der Waals surface area contributed by atoms with Crippen molar-refractivity contribution in [3.8, 4) is 0 Å². The minimum Gasteiger partial charge on any atom is -0.298 e. The molecule has 0 aromatic carbocycles. The van der Waals surface area contributed by atoms with Crippen LogP contribution in [0.25, 0.3) is 0 Å². The number of hydrogen-bond acceptors (Lipinski definition) is 1. The first-order valence-electron chi connectivity index (χ1n) is 5.48. The van der Waals surface area contributed by atoms with Crippen LogP contribution in [-0.4, -0.2) is 12.8 Å². The van der Waals surface area contributed by atoms with Gasteiger partial charge in [-0.2, -0.15) is 0 Å². The average Bonchev–Trinajstić information content (AvgIpc) is 2.16. The molecule has 0 heterocycles. The summed E-state index contributed by atoms with van der Waals surface area (Å²) in [6.07, 6.45) is 8.56. The van der Waals surface area contributed by atoms with Crippen LogP contribution in [0.5, 0.6) is 0 Å². The Morgan fingerprint density at radius 2 is 2.21 bits per heavy atom. The Balaban J connectivity index is 3.52. The second kappa shape index (κ2) is 8.74. The summed E-state index contributed by atoms with van der Waals surface area (Å²) in [5.41, 5.74) is 1.21. The maximum Gasteiger partial charge on any atom is 0.0385 e. The number of nitrogens with zero attached hydrogens (tertiary/aromatic N) is 1. The number of aliphatic imine (C=N–C) groups is 1. The van der Waals surface area contributed by atoms with Gasteiger partial charge < -0.3 is 0 Å². The van der Waals surface area contributed by atoms with Gasteiger partial charge in [0.25, 0.3) is 0 Å². The van der Waals surface area contributed by atoms with Gasteiger partial charge in [0.15, 0.2) is 0 Å². The molecule has 1 nitrogen and oxygen atoms in total. The molecule has 0 radical (unpaired) electrons. The van der Waals surface area contributed by atoms with E-state index in [-0.39, 0.29) is 0 Å². The molecule has 0 aliphatic heterocycles. The minimum atomic E-state index is 0.469. The van der Waals surface area contributed by atoms with E-state index < -0.39 is 0 Å². The fourth-order valence-corrected chi connectivity index (χ4v) is 1.28. The van der Waals surface area contributed by atoms with Crippen molar-refractivity contribution in [3.63, 3.8) is 0 Å². The van der Waals surface area contributed by atoms with Gasteiger partial charge in [-0.05, 0) is 38.3 Å². The van der Waals surface area contributed by atoms with Crippen molar-refractivity contribution in [2.75, 3.05) is 6.54 Å². The van der Waals surface area contributed by atoms with Crippen LogP contribution in [0.3, 0.4) is 0 Å². The lowest BCUT2D eigenvalue weighted by atomic mass is 9.97. The molecule has 0 bridgehead atoms. The molecule has 1 heteroatoms. The smallest absolute Gasteiger partial charge is 0.0385 e. The monoisotopic (exact) mass is 193 g/mol. The second-order valence-electron chi connectivity index (χ2n) is 3.71. The zero-order chi connectivity index (χ0) is 10.8. The maximum atomic E-state index is 4.34. The SMILES string of the molecule is C=CC(CCCN=CCCC)C(=C)C. The van der Waals surface area contributed by atoms with Gasteiger partial charge in [-0.1, -0.05) is 31.6 Å². The van der Waals surface area contributed by atoms with Crippen molar-refractivity contribution in [1.29, 1.82) is 0 Å². The maximum absolute atomic E-state index is 4.34. The number of unbranched alkanes of at least 4 members (excludes halogenated alkanes) is 1. The number of allylic oxidation sites excluding steroid dienone is 2. The molecule has 0 saturated heterocycles. The lowest BCUT2D eigenvalue weighted by Crippen LogP contribution is -1.98. The normalized spacial score (nSPS) is 13.0. The highest BCUT2D eigenvalue weighted by Crippen LogP contribution is 2.15. The molecule has 0 aliphatic carbocycles. The highest BCUT2D eigenvalue weighted by atomic mass is 14.7. The molecule has 1 unspecified atom stereocenters. The minimum absolute atomic E-state index is 0.469. The molecule has 0 amide bonds. The van der Waals surface area contributed by atoms with Crippen LogP contribution >= 0.6 is 0 Å². The van der Waals surface area contributed by atoms with Crippen molar-refractivity contribution < 1.29 is 0 Å². The molecule has 0 aromatic rings.